The lowest BCUT2D eigenvalue weighted by atomic mass is 9.45. The Morgan fingerprint density at radius 2 is 1.74 bits per heavy atom. The first-order valence-electron chi connectivity index (χ1n) is 15.0. The average Bonchev–Trinajstić information content (AvgIpc) is 3.42. The third-order valence-corrected chi connectivity index (χ3v) is 12.0. The van der Waals surface area contributed by atoms with Crippen LogP contribution in [0, 0.1) is 23.2 Å². The predicted octanol–water partition coefficient (Wildman–Crippen LogP) is 2.02. The highest BCUT2D eigenvalue weighted by Gasteiger charge is 2.71. The van der Waals surface area contributed by atoms with Gasteiger partial charge >= 0.3 is 5.97 Å². The number of hydrogen-bond donors (Lipinski definition) is 4. The summed E-state index contributed by atoms with van der Waals surface area (Å²) in [7, 11) is 1.57. The number of methoxy groups -OCH3 is 1. The van der Waals surface area contributed by atoms with Crippen LogP contribution in [0.5, 0.6) is 0 Å². The second-order valence-electron chi connectivity index (χ2n) is 13.7. The highest BCUT2D eigenvalue weighted by atomic mass is 16.6. The third-order valence-electron chi connectivity index (χ3n) is 12.0. The van der Waals surface area contributed by atoms with Crippen molar-refractivity contribution < 1.29 is 44.2 Å². The van der Waals surface area contributed by atoms with Crippen LogP contribution in [0.25, 0.3) is 0 Å². The summed E-state index contributed by atoms with van der Waals surface area (Å²) in [6.45, 7) is 4.64. The maximum atomic E-state index is 12.3. The summed E-state index contributed by atoms with van der Waals surface area (Å²) in [6, 6.07) is 0. The number of cyclic esters (lactones) is 1. The zero-order chi connectivity index (χ0) is 27.8. The summed E-state index contributed by atoms with van der Waals surface area (Å²) < 4.78 is 22.9. The van der Waals surface area contributed by atoms with Crippen LogP contribution in [-0.4, -0.2) is 94.0 Å². The van der Waals surface area contributed by atoms with E-state index in [1.165, 1.54) is 0 Å². The molecule has 9 heteroatoms. The summed E-state index contributed by atoms with van der Waals surface area (Å²) in [5, 5.41) is 46.8. The number of aliphatic hydroxyl groups excluding tert-OH is 1. The summed E-state index contributed by atoms with van der Waals surface area (Å²) in [5.41, 5.74) is -2.92. The van der Waals surface area contributed by atoms with Gasteiger partial charge < -0.3 is 39.4 Å². The Bertz CT molecular complexity index is 1000. The van der Waals surface area contributed by atoms with Gasteiger partial charge in [-0.3, -0.25) is 0 Å². The number of fused-ring (bicyclic) bond motifs is 5. The second kappa shape index (κ2) is 9.75. The van der Waals surface area contributed by atoms with Gasteiger partial charge in [-0.25, -0.2) is 4.79 Å². The van der Waals surface area contributed by atoms with Crippen molar-refractivity contribution in [1.29, 1.82) is 0 Å². The Morgan fingerprint density at radius 3 is 2.46 bits per heavy atom. The van der Waals surface area contributed by atoms with Gasteiger partial charge in [-0.05, 0) is 81.6 Å². The normalized spacial score (nSPS) is 53.4. The lowest BCUT2D eigenvalue weighted by Crippen LogP contribution is -2.71. The highest BCUT2D eigenvalue weighted by molar-refractivity contribution is 5.85. The molecule has 4 aliphatic carbocycles. The topological polar surface area (TPSA) is 135 Å². The van der Waals surface area contributed by atoms with Crippen molar-refractivity contribution in [2.45, 2.75) is 125 Å². The van der Waals surface area contributed by atoms with Crippen molar-refractivity contribution in [2.75, 3.05) is 20.3 Å². The molecule has 2 aliphatic heterocycles. The van der Waals surface area contributed by atoms with Gasteiger partial charge in [0.2, 0.25) is 0 Å². The second-order valence-corrected chi connectivity index (χ2v) is 13.7. The van der Waals surface area contributed by atoms with E-state index < -0.39 is 35.1 Å². The molecule has 12 atom stereocenters. The fourth-order valence-corrected chi connectivity index (χ4v) is 9.94. The molecule has 9 nitrogen and oxygen atoms in total. The minimum atomic E-state index is -1.28. The van der Waals surface area contributed by atoms with Crippen LogP contribution in [0.15, 0.2) is 11.6 Å². The first kappa shape index (κ1) is 28.1. The number of esters is 1. The summed E-state index contributed by atoms with van der Waals surface area (Å²) in [4.78, 5) is 11.8. The van der Waals surface area contributed by atoms with E-state index in [-0.39, 0.29) is 48.0 Å². The summed E-state index contributed by atoms with van der Waals surface area (Å²) in [5.74, 6) is -0.510. The molecule has 4 saturated carbocycles. The molecule has 8 unspecified atom stereocenters. The van der Waals surface area contributed by atoms with E-state index in [4.69, 9.17) is 18.9 Å². The minimum Gasteiger partial charge on any atom is -0.458 e. The van der Waals surface area contributed by atoms with Gasteiger partial charge in [-0.15, -0.1) is 0 Å². The van der Waals surface area contributed by atoms with Gasteiger partial charge in [-0.1, -0.05) is 6.92 Å². The number of carbonyl (C=O) groups is 1. The smallest absolute Gasteiger partial charge is 0.331 e. The van der Waals surface area contributed by atoms with Crippen molar-refractivity contribution in [1.82, 2.24) is 0 Å². The average molecular weight is 551 g/mol. The fraction of sp³-hybridized carbons (Fsp3) is 0.900. The van der Waals surface area contributed by atoms with Crippen LogP contribution in [-0.2, 0) is 23.7 Å². The molecular formula is C30H46O9. The predicted molar refractivity (Wildman–Crippen MR) is 140 cm³/mol. The summed E-state index contributed by atoms with van der Waals surface area (Å²) in [6.07, 6.45) is 5.64. The number of carbonyl (C=O) groups excluding carboxylic acids is 1. The Morgan fingerprint density at radius 1 is 1.03 bits per heavy atom. The van der Waals surface area contributed by atoms with Crippen molar-refractivity contribution in [3.05, 3.63) is 11.6 Å². The number of hydrogen-bond acceptors (Lipinski definition) is 9. The zero-order valence-corrected chi connectivity index (χ0v) is 23.5. The van der Waals surface area contributed by atoms with Crippen molar-refractivity contribution in [3.63, 3.8) is 0 Å². The lowest BCUT2D eigenvalue weighted by Gasteiger charge is -2.65. The minimum absolute atomic E-state index is 0.0909. The van der Waals surface area contributed by atoms with E-state index in [2.05, 4.69) is 6.92 Å². The lowest BCUT2D eigenvalue weighted by molar-refractivity contribution is -0.292. The van der Waals surface area contributed by atoms with Crippen LogP contribution in [0.4, 0.5) is 0 Å². The molecule has 5 fully saturated rings. The standard InChI is InChI=1S/C30H46O9/c1-17-12-23(31)26(36-3)24(39-17)16-37-19-4-10-30(35)22-5-8-27(2)20(18-13-25(32)38-15-18)7-11-29(27,34)21(22)6-9-28(30,33)14-19/h13,17,19-24,26,31,33-35H,4-12,14-16H2,1-3H3/t17-,19?,20?,21?,22?,23-,24+,26-,27?,28?,29?,30?/m1/s1. The largest absolute Gasteiger partial charge is 0.458 e. The molecule has 0 amide bonds. The van der Waals surface area contributed by atoms with Gasteiger partial charge in [0.25, 0.3) is 0 Å². The SMILES string of the molecule is CO[C@@H]1[C@H](O)C[C@@H](C)O[C@H]1COC1CCC2(O)C3CCC4(C)C(C5=CC(=O)OC5)CCC4(O)C3CCC2(O)C1. The number of aliphatic hydroxyl groups is 4. The molecule has 6 rings (SSSR count). The van der Waals surface area contributed by atoms with E-state index in [1.54, 1.807) is 13.2 Å². The Kier molecular flexibility index (Phi) is 7.02. The molecule has 2 heterocycles. The molecule has 220 valence electrons. The van der Waals surface area contributed by atoms with Gasteiger partial charge in [-0.2, -0.15) is 0 Å². The van der Waals surface area contributed by atoms with Gasteiger partial charge in [0.15, 0.2) is 0 Å². The van der Waals surface area contributed by atoms with E-state index in [0.29, 0.717) is 51.6 Å². The van der Waals surface area contributed by atoms with Crippen LogP contribution in [0.3, 0.4) is 0 Å². The molecule has 6 aliphatic rings. The van der Waals surface area contributed by atoms with E-state index in [9.17, 15) is 25.2 Å². The van der Waals surface area contributed by atoms with Gasteiger partial charge in [0, 0.05) is 31.4 Å². The Labute approximate surface area is 230 Å². The number of ether oxygens (including phenoxy) is 4. The van der Waals surface area contributed by atoms with E-state index in [1.807, 2.05) is 6.92 Å². The van der Waals surface area contributed by atoms with Gasteiger partial charge in [0.05, 0.1) is 41.7 Å². The quantitative estimate of drug-likeness (QED) is 0.379. The maximum Gasteiger partial charge on any atom is 0.331 e. The molecule has 0 aromatic carbocycles. The monoisotopic (exact) mass is 550 g/mol. The molecule has 1 saturated heterocycles. The fourth-order valence-electron chi connectivity index (χ4n) is 9.94. The number of rotatable bonds is 5. The van der Waals surface area contributed by atoms with Crippen molar-refractivity contribution in [2.24, 2.45) is 23.2 Å². The maximum absolute atomic E-state index is 12.3. The van der Waals surface area contributed by atoms with E-state index in [0.717, 1.165) is 24.8 Å². The Balaban J connectivity index is 1.15. The highest BCUT2D eigenvalue weighted by Crippen LogP contribution is 2.68. The van der Waals surface area contributed by atoms with Crippen LogP contribution in [0.2, 0.25) is 0 Å². The van der Waals surface area contributed by atoms with Crippen LogP contribution < -0.4 is 0 Å². The molecule has 39 heavy (non-hydrogen) atoms. The molecular weight excluding hydrogens is 504 g/mol. The van der Waals surface area contributed by atoms with Crippen LogP contribution >= 0.6 is 0 Å². The van der Waals surface area contributed by atoms with E-state index >= 15 is 0 Å². The molecule has 0 radical (unpaired) electrons. The van der Waals surface area contributed by atoms with Crippen LogP contribution in [0.1, 0.15) is 78.1 Å². The molecule has 0 aromatic rings. The van der Waals surface area contributed by atoms with Crippen molar-refractivity contribution in [3.8, 4) is 0 Å². The zero-order valence-electron chi connectivity index (χ0n) is 23.5. The third kappa shape index (κ3) is 4.17. The first-order chi connectivity index (χ1) is 18.4. The summed E-state index contributed by atoms with van der Waals surface area (Å²) >= 11 is 0. The molecule has 0 bridgehead atoms. The first-order valence-corrected chi connectivity index (χ1v) is 15.0. The molecule has 4 N–H and O–H groups in total. The molecule has 0 spiro atoms. The van der Waals surface area contributed by atoms with Crippen molar-refractivity contribution >= 4 is 5.97 Å². The van der Waals surface area contributed by atoms with Gasteiger partial charge in [0.1, 0.15) is 18.8 Å². The Hall–Kier alpha value is -1.07. The molecule has 0 aromatic heterocycles.